The van der Waals surface area contributed by atoms with Gasteiger partial charge in [0, 0.05) is 31.0 Å². The minimum Gasteiger partial charge on any atom is -0.494 e. The molecule has 1 aromatic carbocycles. The van der Waals surface area contributed by atoms with E-state index in [9.17, 15) is 9.59 Å². The molecule has 28 heavy (non-hydrogen) atoms. The minimum absolute atomic E-state index is 0.0784. The van der Waals surface area contributed by atoms with Gasteiger partial charge in [-0.2, -0.15) is 5.10 Å². The van der Waals surface area contributed by atoms with Crippen LogP contribution in [0.15, 0.2) is 30.5 Å². The quantitative estimate of drug-likeness (QED) is 0.675. The van der Waals surface area contributed by atoms with E-state index < -0.39 is 5.97 Å². The Balaban J connectivity index is 1.56. The molecule has 8 nitrogen and oxygen atoms in total. The summed E-state index contributed by atoms with van der Waals surface area (Å²) in [5.74, 6) is -0.407. The smallest absolute Gasteiger partial charge is 0.303 e. The third-order valence-electron chi connectivity index (χ3n) is 4.74. The summed E-state index contributed by atoms with van der Waals surface area (Å²) in [4.78, 5) is 23.1. The van der Waals surface area contributed by atoms with Crippen LogP contribution >= 0.6 is 0 Å². The molecule has 1 aliphatic rings. The van der Waals surface area contributed by atoms with Crippen LogP contribution in [0.2, 0.25) is 0 Å². The summed E-state index contributed by atoms with van der Waals surface area (Å²) in [6.45, 7) is 3.68. The lowest BCUT2D eigenvalue weighted by molar-refractivity contribution is -0.137. The molecule has 0 spiro atoms. The molecular formula is C20H25N3O5. The number of carboxylic acids is 1. The molecule has 150 valence electrons. The van der Waals surface area contributed by atoms with E-state index in [-0.39, 0.29) is 18.4 Å². The number of carbonyl (C=O) groups is 2. The molecule has 0 radical (unpaired) electrons. The fourth-order valence-corrected chi connectivity index (χ4v) is 3.19. The van der Waals surface area contributed by atoms with Crippen molar-refractivity contribution in [2.75, 3.05) is 25.1 Å². The minimum atomic E-state index is -0.836. The number of rotatable bonds is 8. The average molecular weight is 387 g/mol. The lowest BCUT2D eigenvalue weighted by Crippen LogP contribution is -2.22. The maximum Gasteiger partial charge on any atom is 0.303 e. The van der Waals surface area contributed by atoms with E-state index in [1.54, 1.807) is 30.5 Å². The van der Waals surface area contributed by atoms with E-state index in [1.165, 1.54) is 0 Å². The Morgan fingerprint density at radius 3 is 2.68 bits per heavy atom. The summed E-state index contributed by atoms with van der Waals surface area (Å²) in [5, 5.41) is 15.9. The summed E-state index contributed by atoms with van der Waals surface area (Å²) < 4.78 is 12.8. The van der Waals surface area contributed by atoms with E-state index in [0.29, 0.717) is 30.0 Å². The Morgan fingerprint density at radius 2 is 2.00 bits per heavy atom. The fraction of sp³-hybridized carbons (Fsp3) is 0.450. The largest absolute Gasteiger partial charge is 0.494 e. The summed E-state index contributed by atoms with van der Waals surface area (Å²) >= 11 is 0. The third-order valence-corrected chi connectivity index (χ3v) is 4.74. The van der Waals surface area contributed by atoms with Crippen molar-refractivity contribution in [2.24, 2.45) is 0 Å². The number of amides is 1. The van der Waals surface area contributed by atoms with Crippen LogP contribution < -0.4 is 10.1 Å². The number of nitrogens with zero attached hydrogens (tertiary/aromatic N) is 2. The second kappa shape index (κ2) is 9.36. The molecular weight excluding hydrogens is 362 g/mol. The van der Waals surface area contributed by atoms with Gasteiger partial charge >= 0.3 is 5.97 Å². The molecule has 8 heteroatoms. The first kappa shape index (κ1) is 19.9. The van der Waals surface area contributed by atoms with Crippen molar-refractivity contribution in [3.8, 4) is 5.75 Å². The van der Waals surface area contributed by atoms with Crippen LogP contribution in [-0.4, -0.2) is 46.6 Å². The van der Waals surface area contributed by atoms with Crippen LogP contribution in [0.1, 0.15) is 47.8 Å². The Labute approximate surface area is 163 Å². The number of carbonyl (C=O) groups excluding carboxylic acids is 1. The molecule has 1 saturated heterocycles. The lowest BCUT2D eigenvalue weighted by atomic mass is 10.1. The van der Waals surface area contributed by atoms with Gasteiger partial charge in [-0.1, -0.05) is 0 Å². The summed E-state index contributed by atoms with van der Waals surface area (Å²) in [6.07, 6.45) is 3.94. The van der Waals surface area contributed by atoms with Crippen molar-refractivity contribution < 1.29 is 24.2 Å². The highest BCUT2D eigenvalue weighted by atomic mass is 16.5. The maximum atomic E-state index is 12.6. The average Bonchev–Trinajstić information content (AvgIpc) is 3.08. The molecule has 1 amide bonds. The van der Waals surface area contributed by atoms with Crippen molar-refractivity contribution >= 4 is 17.6 Å². The predicted octanol–water partition coefficient (Wildman–Crippen LogP) is 3.04. The molecule has 1 fully saturated rings. The van der Waals surface area contributed by atoms with Crippen LogP contribution in [-0.2, 0) is 9.53 Å². The molecule has 0 unspecified atom stereocenters. The Hall–Kier alpha value is -2.87. The number of nitrogens with one attached hydrogen (secondary N) is 1. The Bertz CT molecular complexity index is 810. The molecule has 0 atom stereocenters. The third kappa shape index (κ3) is 5.10. The Kier molecular flexibility index (Phi) is 6.65. The summed E-state index contributed by atoms with van der Waals surface area (Å²) in [5.41, 5.74) is 2.06. The van der Waals surface area contributed by atoms with Gasteiger partial charge < -0.3 is 19.9 Å². The molecule has 0 saturated carbocycles. The lowest BCUT2D eigenvalue weighted by Gasteiger charge is -2.23. The summed E-state index contributed by atoms with van der Waals surface area (Å²) in [7, 11) is 0. The first-order valence-electron chi connectivity index (χ1n) is 9.42. The fourth-order valence-electron chi connectivity index (χ4n) is 3.19. The van der Waals surface area contributed by atoms with Gasteiger partial charge in [0.05, 0.1) is 24.4 Å². The molecule has 1 aliphatic heterocycles. The van der Waals surface area contributed by atoms with Crippen molar-refractivity contribution in [3.05, 3.63) is 41.7 Å². The van der Waals surface area contributed by atoms with E-state index in [0.717, 1.165) is 31.7 Å². The Morgan fingerprint density at radius 1 is 1.29 bits per heavy atom. The molecule has 2 heterocycles. The molecule has 0 bridgehead atoms. The zero-order chi connectivity index (χ0) is 19.9. The highest BCUT2D eigenvalue weighted by Crippen LogP contribution is 2.24. The first-order chi connectivity index (χ1) is 13.5. The van der Waals surface area contributed by atoms with Gasteiger partial charge in [-0.15, -0.1) is 0 Å². The number of ether oxygens (including phenoxy) is 2. The van der Waals surface area contributed by atoms with Gasteiger partial charge in [0.2, 0.25) is 0 Å². The van der Waals surface area contributed by atoms with Gasteiger partial charge in [0.25, 0.3) is 5.91 Å². The van der Waals surface area contributed by atoms with Crippen LogP contribution in [0.3, 0.4) is 0 Å². The number of anilines is 1. The highest BCUT2D eigenvalue weighted by molar-refractivity contribution is 6.04. The van der Waals surface area contributed by atoms with Gasteiger partial charge in [0.15, 0.2) is 0 Å². The molecule has 0 aliphatic carbocycles. The van der Waals surface area contributed by atoms with Gasteiger partial charge in [-0.3, -0.25) is 14.3 Å². The van der Waals surface area contributed by atoms with Crippen LogP contribution in [0.4, 0.5) is 5.69 Å². The monoisotopic (exact) mass is 387 g/mol. The molecule has 1 aromatic heterocycles. The normalized spacial score (nSPS) is 14.6. The molecule has 2 aromatic rings. The van der Waals surface area contributed by atoms with Crippen molar-refractivity contribution in [1.82, 2.24) is 9.78 Å². The van der Waals surface area contributed by atoms with Crippen LogP contribution in [0.25, 0.3) is 0 Å². The van der Waals surface area contributed by atoms with Crippen LogP contribution in [0, 0.1) is 6.92 Å². The van der Waals surface area contributed by atoms with E-state index in [2.05, 4.69) is 10.4 Å². The van der Waals surface area contributed by atoms with E-state index >= 15 is 0 Å². The second-order valence-electron chi connectivity index (χ2n) is 6.76. The van der Waals surface area contributed by atoms with Crippen LogP contribution in [0.5, 0.6) is 5.75 Å². The zero-order valence-electron chi connectivity index (χ0n) is 15.9. The summed E-state index contributed by atoms with van der Waals surface area (Å²) in [6, 6.07) is 7.27. The van der Waals surface area contributed by atoms with Crippen molar-refractivity contribution in [2.45, 2.75) is 38.6 Å². The van der Waals surface area contributed by atoms with Crippen molar-refractivity contribution in [3.63, 3.8) is 0 Å². The van der Waals surface area contributed by atoms with E-state index in [1.807, 2.05) is 11.6 Å². The second-order valence-corrected chi connectivity index (χ2v) is 6.76. The molecule has 3 rings (SSSR count). The molecule has 2 N–H and O–H groups in total. The highest BCUT2D eigenvalue weighted by Gasteiger charge is 2.21. The predicted molar refractivity (Wildman–Crippen MR) is 103 cm³/mol. The standard InChI is InChI=1S/C20H25N3O5/c1-14-18(13-21-23(14)16-8-11-27-12-9-16)20(26)22-15-4-6-17(7-5-15)28-10-2-3-19(24)25/h4-7,13,16H,2-3,8-12H2,1H3,(H,22,26)(H,24,25). The van der Waals surface area contributed by atoms with Crippen molar-refractivity contribution in [1.29, 1.82) is 0 Å². The number of carboxylic acid groups (broad SMARTS) is 1. The SMILES string of the molecule is Cc1c(C(=O)Nc2ccc(OCCCC(=O)O)cc2)cnn1C1CCOCC1. The number of hydrogen-bond donors (Lipinski definition) is 2. The topological polar surface area (TPSA) is 103 Å². The number of aliphatic carboxylic acids is 1. The number of benzene rings is 1. The van der Waals surface area contributed by atoms with E-state index in [4.69, 9.17) is 14.6 Å². The number of aromatic nitrogens is 2. The zero-order valence-corrected chi connectivity index (χ0v) is 15.9. The first-order valence-corrected chi connectivity index (χ1v) is 9.42. The van der Waals surface area contributed by atoms with Gasteiger partial charge in [-0.25, -0.2) is 0 Å². The maximum absolute atomic E-state index is 12.6. The van der Waals surface area contributed by atoms with Gasteiger partial charge in [-0.05, 0) is 50.5 Å². The van der Waals surface area contributed by atoms with Gasteiger partial charge in [0.1, 0.15) is 5.75 Å². The number of hydrogen-bond acceptors (Lipinski definition) is 5.